The van der Waals surface area contributed by atoms with Crippen molar-refractivity contribution in [2.24, 2.45) is 0 Å². The van der Waals surface area contributed by atoms with Crippen LogP contribution in [0.1, 0.15) is 59.2 Å². The molecule has 1 aliphatic heterocycles. The Morgan fingerprint density at radius 3 is 2.65 bits per heavy atom. The third-order valence-electron chi connectivity index (χ3n) is 5.46. The Morgan fingerprint density at radius 1 is 0.962 bits per heavy atom. The molecular formula is C18H26Cl2N6. The molecule has 2 aliphatic carbocycles. The quantitative estimate of drug-likeness (QED) is 0.740. The number of rotatable bonds is 4. The second-order valence-corrected chi connectivity index (χ2v) is 7.21. The highest BCUT2D eigenvalue weighted by Gasteiger charge is 2.29. The summed E-state index contributed by atoms with van der Waals surface area (Å²) in [5.74, 6) is 2.67. The predicted molar refractivity (Wildman–Crippen MR) is 107 cm³/mol. The van der Waals surface area contributed by atoms with Gasteiger partial charge in [-0.2, -0.15) is 5.10 Å². The number of aromatic amines is 1. The van der Waals surface area contributed by atoms with Crippen LogP contribution in [0, 0.1) is 0 Å². The second kappa shape index (κ2) is 8.11. The number of fused-ring (bicyclic) bond motifs is 2. The normalized spacial score (nSPS) is 18.2. The van der Waals surface area contributed by atoms with Gasteiger partial charge in [-0.25, -0.2) is 9.97 Å². The molecule has 0 amide bonds. The summed E-state index contributed by atoms with van der Waals surface area (Å²) >= 11 is 0. The number of H-pyrrole nitrogens is 1. The van der Waals surface area contributed by atoms with Gasteiger partial charge in [-0.15, -0.1) is 24.8 Å². The van der Waals surface area contributed by atoms with E-state index in [4.69, 9.17) is 9.97 Å². The molecule has 0 bridgehead atoms. The Hall–Kier alpha value is -1.37. The number of nitrogens with zero attached hydrogens (tertiary/aromatic N) is 3. The van der Waals surface area contributed by atoms with Crippen LogP contribution >= 0.6 is 24.8 Å². The van der Waals surface area contributed by atoms with Gasteiger partial charge in [0.2, 0.25) is 0 Å². The van der Waals surface area contributed by atoms with Gasteiger partial charge in [0.05, 0.1) is 17.9 Å². The fraction of sp³-hybridized carbons (Fsp3) is 0.611. The van der Waals surface area contributed by atoms with E-state index in [1.165, 1.54) is 41.8 Å². The summed E-state index contributed by atoms with van der Waals surface area (Å²) in [6.07, 6.45) is 8.03. The largest absolute Gasteiger partial charge is 0.364 e. The maximum atomic E-state index is 4.89. The van der Waals surface area contributed by atoms with Gasteiger partial charge >= 0.3 is 0 Å². The first-order chi connectivity index (χ1) is 11.9. The molecule has 0 unspecified atom stereocenters. The highest BCUT2D eigenvalue weighted by atomic mass is 35.5. The van der Waals surface area contributed by atoms with Gasteiger partial charge < -0.3 is 10.6 Å². The first kappa shape index (κ1) is 19.4. The molecule has 3 N–H and O–H groups in total. The van der Waals surface area contributed by atoms with Crippen molar-refractivity contribution >= 4 is 30.6 Å². The molecular weight excluding hydrogens is 371 g/mol. The van der Waals surface area contributed by atoms with Crippen LogP contribution in [0.5, 0.6) is 0 Å². The second-order valence-electron chi connectivity index (χ2n) is 7.21. The number of halogens is 2. The van der Waals surface area contributed by atoms with Crippen molar-refractivity contribution in [3.05, 3.63) is 34.0 Å². The zero-order valence-corrected chi connectivity index (χ0v) is 16.4. The van der Waals surface area contributed by atoms with E-state index in [0.29, 0.717) is 5.92 Å². The summed E-state index contributed by atoms with van der Waals surface area (Å²) in [6.45, 7) is 2.78. The van der Waals surface area contributed by atoms with Crippen LogP contribution in [0.2, 0.25) is 0 Å². The average molecular weight is 397 g/mol. The smallest absolute Gasteiger partial charge is 0.134 e. The van der Waals surface area contributed by atoms with Gasteiger partial charge in [-0.05, 0) is 50.6 Å². The van der Waals surface area contributed by atoms with Crippen LogP contribution in [0.15, 0.2) is 0 Å². The lowest BCUT2D eigenvalue weighted by molar-refractivity contribution is 0.707. The summed E-state index contributed by atoms with van der Waals surface area (Å²) in [5, 5.41) is 14.8. The molecule has 6 nitrogen and oxygen atoms in total. The molecule has 0 atom stereocenters. The summed E-state index contributed by atoms with van der Waals surface area (Å²) in [4.78, 5) is 9.78. The van der Waals surface area contributed by atoms with Gasteiger partial charge in [0.25, 0.3) is 0 Å². The third-order valence-corrected chi connectivity index (χ3v) is 5.46. The monoisotopic (exact) mass is 396 g/mol. The molecule has 5 rings (SSSR count). The Labute approximate surface area is 166 Å². The Morgan fingerprint density at radius 2 is 1.81 bits per heavy atom. The van der Waals surface area contributed by atoms with Crippen molar-refractivity contribution in [2.75, 3.05) is 18.4 Å². The molecule has 1 saturated carbocycles. The third kappa shape index (κ3) is 3.68. The van der Waals surface area contributed by atoms with Crippen molar-refractivity contribution in [2.45, 2.75) is 57.4 Å². The molecule has 0 aromatic carbocycles. The lowest BCUT2D eigenvalue weighted by Gasteiger charge is -2.14. The number of hydrogen-bond acceptors (Lipinski definition) is 5. The molecule has 2 aromatic rings. The lowest BCUT2D eigenvalue weighted by Crippen LogP contribution is -2.16. The van der Waals surface area contributed by atoms with E-state index in [0.717, 1.165) is 62.7 Å². The van der Waals surface area contributed by atoms with Crippen LogP contribution in [0.3, 0.4) is 0 Å². The molecule has 1 fully saturated rings. The van der Waals surface area contributed by atoms with E-state index in [1.54, 1.807) is 0 Å². The summed E-state index contributed by atoms with van der Waals surface area (Å²) in [5.41, 5.74) is 6.46. The van der Waals surface area contributed by atoms with Crippen LogP contribution in [0.25, 0.3) is 0 Å². The topological polar surface area (TPSA) is 78.5 Å². The molecule has 3 heterocycles. The molecule has 0 spiro atoms. The van der Waals surface area contributed by atoms with Gasteiger partial charge in [0, 0.05) is 30.1 Å². The van der Waals surface area contributed by atoms with Crippen molar-refractivity contribution in [3.63, 3.8) is 0 Å². The van der Waals surface area contributed by atoms with Crippen molar-refractivity contribution < 1.29 is 0 Å². The van der Waals surface area contributed by atoms with Crippen LogP contribution in [0.4, 0.5) is 5.82 Å². The first-order valence-corrected chi connectivity index (χ1v) is 9.28. The zero-order valence-electron chi connectivity index (χ0n) is 14.8. The zero-order chi connectivity index (χ0) is 15.9. The van der Waals surface area contributed by atoms with E-state index >= 15 is 0 Å². The molecule has 8 heteroatoms. The minimum absolute atomic E-state index is 0. The average Bonchev–Trinajstić information content (AvgIpc) is 3.28. The Bertz CT molecular complexity index is 771. The minimum Gasteiger partial charge on any atom is -0.364 e. The number of anilines is 1. The summed E-state index contributed by atoms with van der Waals surface area (Å²) in [6, 6.07) is 0. The molecule has 26 heavy (non-hydrogen) atoms. The number of nitrogens with one attached hydrogen (secondary N) is 3. The van der Waals surface area contributed by atoms with Gasteiger partial charge in [-0.3, -0.25) is 5.10 Å². The van der Waals surface area contributed by atoms with Gasteiger partial charge in [-0.1, -0.05) is 0 Å². The summed E-state index contributed by atoms with van der Waals surface area (Å²) < 4.78 is 0. The number of aryl methyl sites for hydroxylation is 1. The van der Waals surface area contributed by atoms with E-state index < -0.39 is 0 Å². The lowest BCUT2D eigenvalue weighted by atomic mass is 10.1. The van der Waals surface area contributed by atoms with Crippen LogP contribution in [-0.2, 0) is 32.2 Å². The maximum absolute atomic E-state index is 4.89. The van der Waals surface area contributed by atoms with Crippen molar-refractivity contribution in [3.8, 4) is 0 Å². The van der Waals surface area contributed by atoms with Crippen LogP contribution < -0.4 is 10.6 Å². The molecule has 3 aliphatic rings. The number of hydrogen-bond donors (Lipinski definition) is 3. The first-order valence-electron chi connectivity index (χ1n) is 9.28. The number of aromatic nitrogens is 4. The molecule has 2 aromatic heterocycles. The summed E-state index contributed by atoms with van der Waals surface area (Å²) in [7, 11) is 0. The fourth-order valence-corrected chi connectivity index (χ4v) is 3.94. The van der Waals surface area contributed by atoms with E-state index in [2.05, 4.69) is 20.8 Å². The van der Waals surface area contributed by atoms with Crippen molar-refractivity contribution in [1.29, 1.82) is 0 Å². The Balaban J connectivity index is 0.000000980. The minimum atomic E-state index is 0. The molecule has 0 saturated heterocycles. The highest BCUT2D eigenvalue weighted by Crippen LogP contribution is 2.39. The van der Waals surface area contributed by atoms with Crippen molar-refractivity contribution in [1.82, 2.24) is 25.5 Å². The predicted octanol–water partition coefficient (Wildman–Crippen LogP) is 2.71. The highest BCUT2D eigenvalue weighted by molar-refractivity contribution is 5.85. The van der Waals surface area contributed by atoms with E-state index in [1.807, 2.05) is 0 Å². The van der Waals surface area contributed by atoms with Crippen LogP contribution in [-0.4, -0.2) is 33.3 Å². The van der Waals surface area contributed by atoms with Gasteiger partial charge in [0.15, 0.2) is 0 Å². The molecule has 0 radical (unpaired) electrons. The Kier molecular flexibility index (Phi) is 6.05. The SMILES string of the molecule is C1Cc2[nH]nc(CNc3nc(C4CC4)nc4c3CCNCC4)c2C1.Cl.Cl. The standard InChI is InChI=1S/C18H24N6.2ClH/c1-2-12-15(3-1)23-24-16(12)10-20-18-13-6-8-19-9-7-14(13)21-17(22-18)11-4-5-11;;/h11,19H,1-10H2,(H,23,24)(H,20,21,22);2*1H. The van der Waals surface area contributed by atoms with Gasteiger partial charge in [0.1, 0.15) is 11.6 Å². The maximum Gasteiger partial charge on any atom is 0.134 e. The molecule has 142 valence electrons. The van der Waals surface area contributed by atoms with E-state index in [9.17, 15) is 0 Å². The fourth-order valence-electron chi connectivity index (χ4n) is 3.94. The van der Waals surface area contributed by atoms with E-state index in [-0.39, 0.29) is 24.8 Å².